The van der Waals surface area contributed by atoms with E-state index in [4.69, 9.17) is 0 Å². The SMILES string of the molecule is O=C1c2ccccc2-c2cccc3cccc1c23. The van der Waals surface area contributed by atoms with Gasteiger partial charge in [-0.3, -0.25) is 4.79 Å². The van der Waals surface area contributed by atoms with Gasteiger partial charge in [-0.25, -0.2) is 0 Å². The normalized spacial score (nSPS) is 12.6. The van der Waals surface area contributed by atoms with Gasteiger partial charge in [0.2, 0.25) is 0 Å². The Morgan fingerprint density at radius 3 is 1.94 bits per heavy atom. The van der Waals surface area contributed by atoms with Crippen LogP contribution in [0.5, 0.6) is 0 Å². The molecule has 0 fully saturated rings. The van der Waals surface area contributed by atoms with Crippen molar-refractivity contribution in [2.75, 3.05) is 0 Å². The highest BCUT2D eigenvalue weighted by molar-refractivity contribution is 6.25. The molecule has 1 heteroatoms. The maximum absolute atomic E-state index is 12.5. The number of hydrogen-bond acceptors (Lipinski definition) is 1. The fraction of sp³-hybridized carbons (Fsp3) is 0. The molecule has 0 atom stereocenters. The molecule has 0 saturated carbocycles. The summed E-state index contributed by atoms with van der Waals surface area (Å²) in [5.74, 6) is 0.134. The average Bonchev–Trinajstić information content (AvgIpc) is 2.44. The van der Waals surface area contributed by atoms with Crippen molar-refractivity contribution in [3.05, 3.63) is 71.8 Å². The summed E-state index contributed by atoms with van der Waals surface area (Å²) in [7, 11) is 0. The third kappa shape index (κ3) is 1.08. The minimum Gasteiger partial charge on any atom is -0.289 e. The third-order valence-electron chi connectivity index (χ3n) is 3.61. The van der Waals surface area contributed by atoms with Crippen LogP contribution in [0.15, 0.2) is 60.7 Å². The molecule has 1 aliphatic rings. The molecule has 3 aromatic carbocycles. The van der Waals surface area contributed by atoms with Crippen molar-refractivity contribution < 1.29 is 4.79 Å². The summed E-state index contributed by atoms with van der Waals surface area (Å²) < 4.78 is 0. The van der Waals surface area contributed by atoms with Crippen molar-refractivity contribution in [2.45, 2.75) is 0 Å². The van der Waals surface area contributed by atoms with E-state index in [1.54, 1.807) is 0 Å². The van der Waals surface area contributed by atoms with Gasteiger partial charge in [-0.1, -0.05) is 60.7 Å². The topological polar surface area (TPSA) is 17.1 Å². The summed E-state index contributed by atoms with van der Waals surface area (Å²) in [5.41, 5.74) is 3.84. The first-order valence-corrected chi connectivity index (χ1v) is 6.02. The summed E-state index contributed by atoms with van der Waals surface area (Å²) in [5, 5.41) is 2.22. The Kier molecular flexibility index (Phi) is 1.76. The molecule has 0 aliphatic heterocycles. The predicted molar refractivity (Wildman–Crippen MR) is 72.8 cm³/mol. The molecule has 1 nitrogen and oxygen atoms in total. The second kappa shape index (κ2) is 3.30. The fourth-order valence-electron chi connectivity index (χ4n) is 2.82. The minimum absolute atomic E-state index is 0.134. The van der Waals surface area contributed by atoms with Crippen LogP contribution in [-0.2, 0) is 0 Å². The van der Waals surface area contributed by atoms with Crippen molar-refractivity contribution in [3.63, 3.8) is 0 Å². The third-order valence-corrected chi connectivity index (χ3v) is 3.61. The van der Waals surface area contributed by atoms with Gasteiger partial charge in [-0.15, -0.1) is 0 Å². The molecule has 0 unspecified atom stereocenters. The predicted octanol–water partition coefficient (Wildman–Crippen LogP) is 4.05. The van der Waals surface area contributed by atoms with Gasteiger partial charge in [0.05, 0.1) is 0 Å². The number of benzene rings is 3. The molecule has 4 rings (SSSR count). The Morgan fingerprint density at radius 2 is 1.17 bits per heavy atom. The summed E-state index contributed by atoms with van der Waals surface area (Å²) in [6.45, 7) is 0. The first-order chi connectivity index (χ1) is 8.86. The van der Waals surface area contributed by atoms with E-state index in [0.29, 0.717) is 0 Å². The Labute approximate surface area is 105 Å². The van der Waals surface area contributed by atoms with Crippen LogP contribution >= 0.6 is 0 Å². The van der Waals surface area contributed by atoms with Crippen LogP contribution in [0.1, 0.15) is 15.9 Å². The molecule has 18 heavy (non-hydrogen) atoms. The molecule has 0 radical (unpaired) electrons. The number of fused-ring (bicyclic) bond motifs is 2. The molecule has 0 amide bonds. The van der Waals surface area contributed by atoms with E-state index >= 15 is 0 Å². The summed E-state index contributed by atoms with van der Waals surface area (Å²) >= 11 is 0. The number of carbonyl (C=O) groups excluding carboxylic acids is 1. The maximum atomic E-state index is 12.5. The molecule has 0 N–H and O–H groups in total. The van der Waals surface area contributed by atoms with Gasteiger partial charge in [-0.2, -0.15) is 0 Å². The van der Waals surface area contributed by atoms with E-state index < -0.39 is 0 Å². The molecule has 0 spiro atoms. The van der Waals surface area contributed by atoms with Crippen molar-refractivity contribution in [3.8, 4) is 11.1 Å². The highest BCUT2D eigenvalue weighted by Gasteiger charge is 2.23. The van der Waals surface area contributed by atoms with E-state index in [2.05, 4.69) is 18.2 Å². The van der Waals surface area contributed by atoms with Crippen molar-refractivity contribution in [2.24, 2.45) is 0 Å². The van der Waals surface area contributed by atoms with Crippen LogP contribution in [0, 0.1) is 0 Å². The monoisotopic (exact) mass is 230 g/mol. The lowest BCUT2D eigenvalue weighted by Crippen LogP contribution is -2.09. The highest BCUT2D eigenvalue weighted by Crippen LogP contribution is 2.38. The second-order valence-electron chi connectivity index (χ2n) is 4.58. The van der Waals surface area contributed by atoms with Crippen LogP contribution in [0.4, 0.5) is 0 Å². The number of rotatable bonds is 0. The lowest BCUT2D eigenvalue weighted by atomic mass is 9.83. The summed E-state index contributed by atoms with van der Waals surface area (Å²) in [4.78, 5) is 12.5. The lowest BCUT2D eigenvalue weighted by Gasteiger charge is -2.19. The molecule has 84 valence electrons. The molecule has 1 aliphatic carbocycles. The molecule has 0 saturated heterocycles. The zero-order valence-electron chi connectivity index (χ0n) is 9.68. The zero-order chi connectivity index (χ0) is 12.1. The van der Waals surface area contributed by atoms with E-state index in [-0.39, 0.29) is 5.78 Å². The van der Waals surface area contributed by atoms with Crippen LogP contribution < -0.4 is 0 Å². The van der Waals surface area contributed by atoms with Crippen LogP contribution in [0.2, 0.25) is 0 Å². The number of carbonyl (C=O) groups is 1. The van der Waals surface area contributed by atoms with Gasteiger partial charge in [0.15, 0.2) is 5.78 Å². The van der Waals surface area contributed by atoms with Gasteiger partial charge in [0.1, 0.15) is 0 Å². The maximum Gasteiger partial charge on any atom is 0.194 e. The fourth-order valence-corrected chi connectivity index (χ4v) is 2.82. The van der Waals surface area contributed by atoms with Crippen LogP contribution in [0.25, 0.3) is 21.9 Å². The molecular formula is C17H10O. The Balaban J connectivity index is 2.28. The summed E-state index contributed by atoms with van der Waals surface area (Å²) in [6, 6.07) is 20.0. The first-order valence-electron chi connectivity index (χ1n) is 6.02. The van der Waals surface area contributed by atoms with E-state index in [1.165, 1.54) is 5.56 Å². The minimum atomic E-state index is 0.134. The van der Waals surface area contributed by atoms with Crippen molar-refractivity contribution in [1.29, 1.82) is 0 Å². The van der Waals surface area contributed by atoms with Gasteiger partial charge < -0.3 is 0 Å². The standard InChI is InChI=1S/C17H10O/c18-17-14-8-2-1-7-12(14)13-9-3-5-11-6-4-10-15(17)16(11)13/h1-10H. The molecular weight excluding hydrogens is 220 g/mol. The van der Waals surface area contributed by atoms with E-state index in [0.717, 1.165) is 27.5 Å². The van der Waals surface area contributed by atoms with Crippen molar-refractivity contribution in [1.82, 2.24) is 0 Å². The lowest BCUT2D eigenvalue weighted by molar-refractivity contribution is 0.104. The molecule has 3 aromatic rings. The Bertz CT molecular complexity index is 794. The quantitative estimate of drug-likeness (QED) is 0.445. The van der Waals surface area contributed by atoms with Crippen molar-refractivity contribution >= 4 is 16.6 Å². The Morgan fingerprint density at radius 1 is 0.556 bits per heavy atom. The first kappa shape index (κ1) is 9.60. The highest BCUT2D eigenvalue weighted by atomic mass is 16.1. The largest absolute Gasteiger partial charge is 0.289 e. The van der Waals surface area contributed by atoms with Gasteiger partial charge in [0.25, 0.3) is 0 Å². The second-order valence-corrected chi connectivity index (χ2v) is 4.58. The molecule has 0 aromatic heterocycles. The van der Waals surface area contributed by atoms with Gasteiger partial charge in [0, 0.05) is 16.5 Å². The summed E-state index contributed by atoms with van der Waals surface area (Å²) in [6.07, 6.45) is 0. The molecule has 0 heterocycles. The number of ketones is 1. The van der Waals surface area contributed by atoms with Crippen LogP contribution in [0.3, 0.4) is 0 Å². The van der Waals surface area contributed by atoms with Gasteiger partial charge in [-0.05, 0) is 16.5 Å². The van der Waals surface area contributed by atoms with E-state index in [9.17, 15) is 4.79 Å². The van der Waals surface area contributed by atoms with E-state index in [1.807, 2.05) is 42.5 Å². The Hall–Kier alpha value is -2.41. The van der Waals surface area contributed by atoms with Crippen LogP contribution in [-0.4, -0.2) is 5.78 Å². The number of hydrogen-bond donors (Lipinski definition) is 0. The molecule has 0 bridgehead atoms. The van der Waals surface area contributed by atoms with Gasteiger partial charge >= 0.3 is 0 Å². The smallest absolute Gasteiger partial charge is 0.194 e. The average molecular weight is 230 g/mol. The zero-order valence-corrected chi connectivity index (χ0v) is 9.68.